The van der Waals surface area contributed by atoms with Gasteiger partial charge in [-0.3, -0.25) is 0 Å². The highest BCUT2D eigenvalue weighted by atomic mass is 32.2. The van der Waals surface area contributed by atoms with Gasteiger partial charge in [0.2, 0.25) is 5.88 Å². The van der Waals surface area contributed by atoms with Crippen LogP contribution in [-0.2, 0) is 0 Å². The van der Waals surface area contributed by atoms with Crippen molar-refractivity contribution in [2.75, 3.05) is 19.1 Å². The monoisotopic (exact) mass is 254 g/mol. The van der Waals surface area contributed by atoms with Gasteiger partial charge >= 0.3 is 0 Å². The van der Waals surface area contributed by atoms with E-state index in [-0.39, 0.29) is 11.7 Å². The molecule has 0 saturated carbocycles. The van der Waals surface area contributed by atoms with Crippen LogP contribution < -0.4 is 10.5 Å². The van der Waals surface area contributed by atoms with E-state index in [9.17, 15) is 4.39 Å². The number of hydrogen-bond donors (Lipinski definition) is 1. The van der Waals surface area contributed by atoms with E-state index in [2.05, 4.69) is 5.16 Å². The third-order valence-electron chi connectivity index (χ3n) is 2.37. The van der Waals surface area contributed by atoms with Crippen molar-refractivity contribution < 1.29 is 13.7 Å². The van der Waals surface area contributed by atoms with Crippen LogP contribution in [0.15, 0.2) is 27.7 Å². The lowest BCUT2D eigenvalue weighted by molar-refractivity contribution is 0.398. The number of nitrogens with zero attached hydrogens (tertiary/aromatic N) is 1. The molecule has 0 spiro atoms. The van der Waals surface area contributed by atoms with Crippen molar-refractivity contribution >= 4 is 17.6 Å². The predicted molar refractivity (Wildman–Crippen MR) is 64.6 cm³/mol. The number of methoxy groups -OCH3 is 1. The third kappa shape index (κ3) is 1.95. The largest absolute Gasteiger partial charge is 0.495 e. The van der Waals surface area contributed by atoms with Gasteiger partial charge in [0.25, 0.3) is 0 Å². The van der Waals surface area contributed by atoms with E-state index in [1.807, 2.05) is 0 Å². The van der Waals surface area contributed by atoms with Gasteiger partial charge in [0.15, 0.2) is 0 Å². The van der Waals surface area contributed by atoms with E-state index in [0.29, 0.717) is 21.8 Å². The molecule has 0 fully saturated rings. The fourth-order valence-electron chi connectivity index (χ4n) is 1.55. The maximum atomic E-state index is 14.2. The summed E-state index contributed by atoms with van der Waals surface area (Å²) >= 11 is 1.27. The lowest BCUT2D eigenvalue weighted by Crippen LogP contribution is -1.94. The van der Waals surface area contributed by atoms with Crippen LogP contribution >= 0.6 is 11.8 Å². The summed E-state index contributed by atoms with van der Waals surface area (Å²) < 4.78 is 24.1. The lowest BCUT2D eigenvalue weighted by Gasteiger charge is -2.10. The SMILES string of the molecule is COc1ccc(-c2cnoc2N)c(F)c1SC. The van der Waals surface area contributed by atoms with Gasteiger partial charge in [0.1, 0.15) is 11.6 Å². The molecular formula is C11H11FN2O2S. The summed E-state index contributed by atoms with van der Waals surface area (Å²) in [5.74, 6) is 0.210. The molecule has 1 aromatic heterocycles. The first kappa shape index (κ1) is 11.8. The molecule has 0 atom stereocenters. The summed E-state index contributed by atoms with van der Waals surface area (Å²) in [6.45, 7) is 0. The van der Waals surface area contributed by atoms with E-state index in [1.54, 1.807) is 18.4 Å². The lowest BCUT2D eigenvalue weighted by atomic mass is 10.1. The number of rotatable bonds is 3. The molecule has 0 saturated heterocycles. The number of hydrogen-bond acceptors (Lipinski definition) is 5. The van der Waals surface area contributed by atoms with Crippen LogP contribution in [0, 0.1) is 5.82 Å². The minimum atomic E-state index is -0.383. The van der Waals surface area contributed by atoms with Crippen molar-refractivity contribution in [3.8, 4) is 16.9 Å². The van der Waals surface area contributed by atoms with Gasteiger partial charge in [-0.2, -0.15) is 0 Å². The molecular weight excluding hydrogens is 243 g/mol. The number of nitrogen functional groups attached to an aromatic ring is 1. The predicted octanol–water partition coefficient (Wildman–Crippen LogP) is 2.79. The molecule has 0 unspecified atom stereocenters. The molecule has 2 N–H and O–H groups in total. The Hall–Kier alpha value is -1.69. The molecule has 17 heavy (non-hydrogen) atoms. The standard InChI is InChI=1S/C11H11FN2O2S/c1-15-8-4-3-6(9(12)10(8)17-2)7-5-14-16-11(7)13/h3-5H,13H2,1-2H3. The topological polar surface area (TPSA) is 61.3 Å². The zero-order valence-corrected chi connectivity index (χ0v) is 10.2. The van der Waals surface area contributed by atoms with E-state index < -0.39 is 0 Å². The highest BCUT2D eigenvalue weighted by Gasteiger charge is 2.18. The average molecular weight is 254 g/mol. The van der Waals surface area contributed by atoms with Crippen LogP contribution in [0.5, 0.6) is 5.75 Å². The Morgan fingerprint density at radius 1 is 1.41 bits per heavy atom. The first-order chi connectivity index (χ1) is 8.19. The molecule has 2 aromatic rings. The number of benzene rings is 1. The van der Waals surface area contributed by atoms with Crippen molar-refractivity contribution in [3.05, 3.63) is 24.1 Å². The van der Waals surface area contributed by atoms with Crippen molar-refractivity contribution in [3.63, 3.8) is 0 Å². The van der Waals surface area contributed by atoms with Crippen molar-refractivity contribution in [1.29, 1.82) is 0 Å². The van der Waals surface area contributed by atoms with Crippen LogP contribution in [0.3, 0.4) is 0 Å². The fraction of sp³-hybridized carbons (Fsp3) is 0.182. The molecule has 0 amide bonds. The van der Waals surface area contributed by atoms with Gasteiger partial charge in [-0.1, -0.05) is 5.16 Å². The first-order valence-electron chi connectivity index (χ1n) is 4.80. The van der Waals surface area contributed by atoms with Crippen LogP contribution in [0.25, 0.3) is 11.1 Å². The zero-order chi connectivity index (χ0) is 12.4. The van der Waals surface area contributed by atoms with Gasteiger partial charge < -0.3 is 15.0 Å². The van der Waals surface area contributed by atoms with E-state index in [1.165, 1.54) is 25.1 Å². The molecule has 4 nitrogen and oxygen atoms in total. The van der Waals surface area contributed by atoms with Crippen molar-refractivity contribution in [2.24, 2.45) is 0 Å². The Morgan fingerprint density at radius 2 is 2.18 bits per heavy atom. The molecule has 1 heterocycles. The number of halogens is 1. The van der Waals surface area contributed by atoms with Crippen LogP contribution in [-0.4, -0.2) is 18.5 Å². The van der Waals surface area contributed by atoms with Crippen molar-refractivity contribution in [1.82, 2.24) is 5.16 Å². The van der Waals surface area contributed by atoms with Crippen LogP contribution in [0.1, 0.15) is 0 Å². The van der Waals surface area contributed by atoms with E-state index >= 15 is 0 Å². The zero-order valence-electron chi connectivity index (χ0n) is 9.36. The maximum Gasteiger partial charge on any atom is 0.230 e. The number of ether oxygens (including phenoxy) is 1. The quantitative estimate of drug-likeness (QED) is 0.853. The summed E-state index contributed by atoms with van der Waals surface area (Å²) in [5.41, 5.74) is 6.37. The molecule has 0 aliphatic rings. The molecule has 0 aliphatic carbocycles. The second kappa shape index (κ2) is 4.67. The smallest absolute Gasteiger partial charge is 0.230 e. The minimum Gasteiger partial charge on any atom is -0.495 e. The van der Waals surface area contributed by atoms with Gasteiger partial charge in [-0.15, -0.1) is 11.8 Å². The summed E-state index contributed by atoms with van der Waals surface area (Å²) in [7, 11) is 1.50. The molecule has 0 bridgehead atoms. The molecule has 0 aliphatic heterocycles. The average Bonchev–Trinajstić information content (AvgIpc) is 2.75. The van der Waals surface area contributed by atoms with Crippen molar-refractivity contribution in [2.45, 2.75) is 4.90 Å². The minimum absolute atomic E-state index is 0.0983. The van der Waals surface area contributed by atoms with Gasteiger partial charge in [-0.25, -0.2) is 4.39 Å². The first-order valence-corrected chi connectivity index (χ1v) is 6.02. The number of aromatic nitrogens is 1. The summed E-state index contributed by atoms with van der Waals surface area (Å²) in [6, 6.07) is 3.29. The summed E-state index contributed by atoms with van der Waals surface area (Å²) in [5, 5.41) is 3.53. The van der Waals surface area contributed by atoms with E-state index in [4.69, 9.17) is 15.0 Å². The number of nitrogens with two attached hydrogens (primary N) is 1. The Kier molecular flexibility index (Phi) is 3.23. The van der Waals surface area contributed by atoms with Crippen LogP contribution in [0.4, 0.5) is 10.3 Å². The molecule has 6 heteroatoms. The number of anilines is 1. The Bertz CT molecular complexity index is 542. The summed E-state index contributed by atoms with van der Waals surface area (Å²) in [4.78, 5) is 0.436. The third-order valence-corrected chi connectivity index (χ3v) is 3.16. The second-order valence-electron chi connectivity index (χ2n) is 3.27. The Balaban J connectivity index is 2.61. The maximum absolute atomic E-state index is 14.2. The normalized spacial score (nSPS) is 10.5. The van der Waals surface area contributed by atoms with Gasteiger partial charge in [0, 0.05) is 5.56 Å². The summed E-state index contributed by atoms with van der Waals surface area (Å²) in [6.07, 6.45) is 3.17. The Morgan fingerprint density at radius 3 is 2.71 bits per heavy atom. The molecule has 1 aromatic carbocycles. The highest BCUT2D eigenvalue weighted by molar-refractivity contribution is 7.98. The van der Waals surface area contributed by atoms with E-state index in [0.717, 1.165) is 0 Å². The highest BCUT2D eigenvalue weighted by Crippen LogP contribution is 2.37. The van der Waals surface area contributed by atoms with Gasteiger partial charge in [-0.05, 0) is 18.4 Å². The van der Waals surface area contributed by atoms with Crippen LogP contribution in [0.2, 0.25) is 0 Å². The second-order valence-corrected chi connectivity index (χ2v) is 4.08. The molecule has 2 rings (SSSR count). The number of thioether (sulfide) groups is 1. The molecule has 90 valence electrons. The fourth-order valence-corrected chi connectivity index (χ4v) is 2.19. The van der Waals surface area contributed by atoms with Gasteiger partial charge in [0.05, 0.1) is 23.8 Å². The molecule has 0 radical (unpaired) electrons. The Labute approximate surface area is 102 Å².